The van der Waals surface area contributed by atoms with E-state index in [4.69, 9.17) is 17.3 Å². The molecule has 2 nitrogen and oxygen atoms in total. The van der Waals surface area contributed by atoms with Crippen LogP contribution in [0.25, 0.3) is 10.9 Å². The maximum atomic E-state index is 6.19. The lowest BCUT2D eigenvalue weighted by molar-refractivity contribution is 0.603. The number of fused-ring (bicyclic) bond motifs is 1. The summed E-state index contributed by atoms with van der Waals surface area (Å²) in [5.74, 6) is 0. The van der Waals surface area contributed by atoms with Gasteiger partial charge < -0.3 is 5.73 Å². The Bertz CT molecular complexity index is 511. The second kappa shape index (κ2) is 5.48. The van der Waals surface area contributed by atoms with Gasteiger partial charge in [-0.3, -0.25) is 0 Å². The minimum atomic E-state index is -0.0143. The number of rotatable bonds is 4. The second-order valence-electron chi connectivity index (χ2n) is 4.31. The molecule has 2 aromatic rings. The number of hydrogen-bond acceptors (Lipinski definition) is 2. The van der Waals surface area contributed by atoms with E-state index < -0.39 is 0 Å². The molecule has 0 unspecified atom stereocenters. The molecule has 0 saturated carbocycles. The number of aromatic nitrogens is 1. The molecule has 0 radical (unpaired) electrons. The van der Waals surface area contributed by atoms with Crippen LogP contribution in [-0.4, -0.2) is 4.98 Å². The zero-order chi connectivity index (χ0) is 12.3. The van der Waals surface area contributed by atoms with Gasteiger partial charge in [0.2, 0.25) is 0 Å². The van der Waals surface area contributed by atoms with Gasteiger partial charge in [-0.25, -0.2) is 4.98 Å². The SMILES string of the molecule is CCCC[C@H](N)c1cc2ccccc2nc1Cl. The Kier molecular flexibility index (Phi) is 3.97. The maximum Gasteiger partial charge on any atom is 0.134 e. The number of halogens is 1. The molecular formula is C14H17ClN2. The van der Waals surface area contributed by atoms with Gasteiger partial charge in [-0.2, -0.15) is 0 Å². The first-order valence-corrected chi connectivity index (χ1v) is 6.41. The molecule has 0 saturated heterocycles. The number of unbranched alkanes of at least 4 members (excludes halogenated alkanes) is 1. The number of nitrogens with two attached hydrogens (primary N) is 1. The predicted octanol–water partition coefficient (Wildman–Crippen LogP) is 4.08. The highest BCUT2D eigenvalue weighted by atomic mass is 35.5. The van der Waals surface area contributed by atoms with E-state index in [1.165, 1.54) is 0 Å². The number of nitrogens with zero attached hydrogens (tertiary/aromatic N) is 1. The lowest BCUT2D eigenvalue weighted by Gasteiger charge is -2.13. The summed E-state index contributed by atoms with van der Waals surface area (Å²) < 4.78 is 0. The summed E-state index contributed by atoms with van der Waals surface area (Å²) in [6.07, 6.45) is 3.22. The van der Waals surface area contributed by atoms with Crippen LogP contribution in [0.5, 0.6) is 0 Å². The van der Waals surface area contributed by atoms with Crippen LogP contribution in [0.4, 0.5) is 0 Å². The third-order valence-corrected chi connectivity index (χ3v) is 3.28. The summed E-state index contributed by atoms with van der Waals surface area (Å²) in [5, 5.41) is 1.63. The maximum absolute atomic E-state index is 6.19. The van der Waals surface area contributed by atoms with Crippen molar-refractivity contribution in [2.24, 2.45) is 5.73 Å². The lowest BCUT2D eigenvalue weighted by Crippen LogP contribution is -2.11. The summed E-state index contributed by atoms with van der Waals surface area (Å²) in [7, 11) is 0. The van der Waals surface area contributed by atoms with E-state index in [0.29, 0.717) is 5.15 Å². The Labute approximate surface area is 107 Å². The molecule has 2 rings (SSSR count). The number of benzene rings is 1. The van der Waals surface area contributed by atoms with Gasteiger partial charge in [-0.1, -0.05) is 49.6 Å². The molecule has 1 atom stereocenters. The van der Waals surface area contributed by atoms with E-state index in [-0.39, 0.29) is 6.04 Å². The van der Waals surface area contributed by atoms with Crippen LogP contribution in [0, 0.1) is 0 Å². The Hall–Kier alpha value is -1.12. The first-order valence-electron chi connectivity index (χ1n) is 6.03. The van der Waals surface area contributed by atoms with Crippen LogP contribution in [-0.2, 0) is 0 Å². The molecule has 3 heteroatoms. The van der Waals surface area contributed by atoms with Gasteiger partial charge >= 0.3 is 0 Å². The van der Waals surface area contributed by atoms with Crippen molar-refractivity contribution in [3.05, 3.63) is 41.0 Å². The van der Waals surface area contributed by atoms with Gasteiger partial charge in [-0.05, 0) is 18.6 Å². The van der Waals surface area contributed by atoms with E-state index >= 15 is 0 Å². The van der Waals surface area contributed by atoms with Crippen molar-refractivity contribution in [2.45, 2.75) is 32.2 Å². The topological polar surface area (TPSA) is 38.9 Å². The standard InChI is InChI=1S/C14H17ClN2/c1-2-3-7-12(16)11-9-10-6-4-5-8-13(10)17-14(11)15/h4-6,8-9,12H,2-3,7,16H2,1H3/t12-/m0/s1. The average molecular weight is 249 g/mol. The van der Waals surface area contributed by atoms with Crippen molar-refractivity contribution >= 4 is 22.5 Å². The first-order chi connectivity index (χ1) is 8.22. The highest BCUT2D eigenvalue weighted by Gasteiger charge is 2.12. The molecule has 0 aliphatic heterocycles. The largest absolute Gasteiger partial charge is 0.324 e. The highest BCUT2D eigenvalue weighted by molar-refractivity contribution is 6.30. The van der Waals surface area contributed by atoms with Crippen LogP contribution in [0.3, 0.4) is 0 Å². The van der Waals surface area contributed by atoms with Gasteiger partial charge in [-0.15, -0.1) is 0 Å². The smallest absolute Gasteiger partial charge is 0.134 e. The Balaban J connectivity index is 2.36. The van der Waals surface area contributed by atoms with Crippen molar-refractivity contribution in [3.8, 4) is 0 Å². The Morgan fingerprint density at radius 1 is 1.35 bits per heavy atom. The van der Waals surface area contributed by atoms with Gasteiger partial charge in [0.15, 0.2) is 0 Å². The van der Waals surface area contributed by atoms with E-state index in [2.05, 4.69) is 18.0 Å². The normalized spacial score (nSPS) is 12.9. The molecule has 0 spiro atoms. The third kappa shape index (κ3) is 2.76. The minimum absolute atomic E-state index is 0.0143. The summed E-state index contributed by atoms with van der Waals surface area (Å²) in [4.78, 5) is 4.39. The summed E-state index contributed by atoms with van der Waals surface area (Å²) >= 11 is 6.19. The predicted molar refractivity (Wildman–Crippen MR) is 73.2 cm³/mol. The number of para-hydroxylation sites is 1. The molecule has 0 aliphatic rings. The zero-order valence-corrected chi connectivity index (χ0v) is 10.7. The van der Waals surface area contributed by atoms with Crippen molar-refractivity contribution in [1.82, 2.24) is 4.98 Å². The molecule has 0 fully saturated rings. The quantitative estimate of drug-likeness (QED) is 0.828. The average Bonchev–Trinajstić information content (AvgIpc) is 2.35. The van der Waals surface area contributed by atoms with Crippen LogP contribution in [0.1, 0.15) is 37.8 Å². The second-order valence-corrected chi connectivity index (χ2v) is 4.67. The summed E-state index contributed by atoms with van der Waals surface area (Å²) in [6.45, 7) is 2.16. The molecule has 90 valence electrons. The van der Waals surface area contributed by atoms with Crippen molar-refractivity contribution in [3.63, 3.8) is 0 Å². The molecule has 1 aromatic heterocycles. The Morgan fingerprint density at radius 3 is 2.88 bits per heavy atom. The minimum Gasteiger partial charge on any atom is -0.324 e. The summed E-state index contributed by atoms with van der Waals surface area (Å²) in [6, 6.07) is 10.0. The van der Waals surface area contributed by atoms with E-state index in [0.717, 1.165) is 35.7 Å². The van der Waals surface area contributed by atoms with Crippen molar-refractivity contribution in [1.29, 1.82) is 0 Å². The monoisotopic (exact) mass is 248 g/mol. The third-order valence-electron chi connectivity index (χ3n) is 2.97. The van der Waals surface area contributed by atoms with E-state index in [1.54, 1.807) is 0 Å². The lowest BCUT2D eigenvalue weighted by atomic mass is 10.0. The molecule has 1 heterocycles. The zero-order valence-electron chi connectivity index (χ0n) is 9.99. The fourth-order valence-electron chi connectivity index (χ4n) is 1.95. The number of pyridine rings is 1. The molecule has 17 heavy (non-hydrogen) atoms. The van der Waals surface area contributed by atoms with E-state index in [1.807, 2.05) is 24.3 Å². The van der Waals surface area contributed by atoms with Gasteiger partial charge in [0, 0.05) is 17.0 Å². The fraction of sp³-hybridized carbons (Fsp3) is 0.357. The molecule has 0 amide bonds. The van der Waals surface area contributed by atoms with Crippen molar-refractivity contribution in [2.75, 3.05) is 0 Å². The van der Waals surface area contributed by atoms with Gasteiger partial charge in [0.1, 0.15) is 5.15 Å². The molecule has 1 aromatic carbocycles. The Morgan fingerprint density at radius 2 is 2.12 bits per heavy atom. The van der Waals surface area contributed by atoms with Gasteiger partial charge in [0.25, 0.3) is 0 Å². The van der Waals surface area contributed by atoms with Gasteiger partial charge in [0.05, 0.1) is 5.52 Å². The molecular weight excluding hydrogens is 232 g/mol. The molecule has 2 N–H and O–H groups in total. The molecule has 0 aliphatic carbocycles. The molecule has 0 bridgehead atoms. The van der Waals surface area contributed by atoms with Crippen LogP contribution in [0.15, 0.2) is 30.3 Å². The van der Waals surface area contributed by atoms with Crippen LogP contribution >= 0.6 is 11.6 Å². The van der Waals surface area contributed by atoms with Crippen molar-refractivity contribution < 1.29 is 0 Å². The summed E-state index contributed by atoms with van der Waals surface area (Å²) in [5.41, 5.74) is 8.03. The number of hydrogen-bond donors (Lipinski definition) is 1. The fourth-order valence-corrected chi connectivity index (χ4v) is 2.23. The van der Waals surface area contributed by atoms with Crippen LogP contribution in [0.2, 0.25) is 5.15 Å². The van der Waals surface area contributed by atoms with E-state index in [9.17, 15) is 0 Å². The first kappa shape index (κ1) is 12.3. The van der Waals surface area contributed by atoms with Crippen LogP contribution < -0.4 is 5.73 Å². The highest BCUT2D eigenvalue weighted by Crippen LogP contribution is 2.27.